The highest BCUT2D eigenvalue weighted by Gasteiger charge is 2.34. The smallest absolute Gasteiger partial charge is 0.220 e. The number of benzene rings is 2. The maximum Gasteiger partial charge on any atom is 0.220 e. The summed E-state index contributed by atoms with van der Waals surface area (Å²) >= 11 is 0. The summed E-state index contributed by atoms with van der Waals surface area (Å²) in [6.07, 6.45) is 3.47. The first-order valence-corrected chi connectivity index (χ1v) is 8.24. The van der Waals surface area contributed by atoms with Gasteiger partial charge in [-0.2, -0.15) is 0 Å². The zero-order valence-corrected chi connectivity index (χ0v) is 13.3. The molecule has 0 aromatic heterocycles. The van der Waals surface area contributed by atoms with Crippen LogP contribution in [0.15, 0.2) is 54.6 Å². The standard InChI is InChI=1S/C20H23NO2/c22-19(12-6-9-16-7-2-1-3-8-16)21-15-20(23)13-17-10-4-5-11-18(17)14-20/h1-5,7-8,10-11,23H,6,9,12-15H2,(H,21,22). The van der Waals surface area contributed by atoms with Crippen LogP contribution in [-0.4, -0.2) is 23.2 Å². The molecular weight excluding hydrogens is 286 g/mol. The molecule has 0 atom stereocenters. The third kappa shape index (κ3) is 4.20. The Morgan fingerprint density at radius 3 is 2.26 bits per heavy atom. The second-order valence-corrected chi connectivity index (χ2v) is 6.46. The first kappa shape index (κ1) is 15.8. The number of hydrogen-bond donors (Lipinski definition) is 2. The number of fused-ring (bicyclic) bond motifs is 1. The normalized spacial score (nSPS) is 15.2. The predicted octanol–water partition coefficient (Wildman–Crippen LogP) is 2.66. The Balaban J connectivity index is 1.41. The van der Waals surface area contributed by atoms with Crippen LogP contribution in [-0.2, 0) is 24.1 Å². The summed E-state index contributed by atoms with van der Waals surface area (Å²) in [5, 5.41) is 13.5. The van der Waals surface area contributed by atoms with Crippen molar-refractivity contribution in [2.24, 2.45) is 0 Å². The summed E-state index contributed by atoms with van der Waals surface area (Å²) in [5.74, 6) is 0.0188. The summed E-state index contributed by atoms with van der Waals surface area (Å²) in [6.45, 7) is 0.325. The Morgan fingerprint density at radius 2 is 1.61 bits per heavy atom. The highest BCUT2D eigenvalue weighted by Crippen LogP contribution is 2.29. The van der Waals surface area contributed by atoms with Crippen LogP contribution in [0.3, 0.4) is 0 Å². The first-order chi connectivity index (χ1) is 11.1. The summed E-state index contributed by atoms with van der Waals surface area (Å²) in [6, 6.07) is 18.3. The largest absolute Gasteiger partial charge is 0.387 e. The second-order valence-electron chi connectivity index (χ2n) is 6.46. The lowest BCUT2D eigenvalue weighted by Crippen LogP contribution is -2.43. The van der Waals surface area contributed by atoms with Crippen molar-refractivity contribution in [3.8, 4) is 0 Å². The van der Waals surface area contributed by atoms with E-state index in [9.17, 15) is 9.90 Å². The van der Waals surface area contributed by atoms with Crippen LogP contribution in [0.2, 0.25) is 0 Å². The average Bonchev–Trinajstić information content (AvgIpc) is 2.91. The van der Waals surface area contributed by atoms with Crippen molar-refractivity contribution in [2.45, 2.75) is 37.7 Å². The Morgan fingerprint density at radius 1 is 1.00 bits per heavy atom. The van der Waals surface area contributed by atoms with Gasteiger partial charge in [-0.25, -0.2) is 0 Å². The van der Waals surface area contributed by atoms with E-state index in [4.69, 9.17) is 0 Å². The Bertz CT molecular complexity index is 641. The van der Waals surface area contributed by atoms with Gasteiger partial charge in [0.1, 0.15) is 0 Å². The van der Waals surface area contributed by atoms with E-state index in [2.05, 4.69) is 29.6 Å². The zero-order chi connectivity index (χ0) is 16.1. The van der Waals surface area contributed by atoms with Crippen molar-refractivity contribution in [3.63, 3.8) is 0 Å². The lowest BCUT2D eigenvalue weighted by molar-refractivity contribution is -0.122. The van der Waals surface area contributed by atoms with E-state index < -0.39 is 5.60 Å². The molecule has 3 heteroatoms. The van der Waals surface area contributed by atoms with Gasteiger partial charge in [0.05, 0.1) is 5.60 Å². The lowest BCUT2D eigenvalue weighted by Gasteiger charge is -2.22. The number of rotatable bonds is 6. The van der Waals surface area contributed by atoms with Crippen molar-refractivity contribution in [3.05, 3.63) is 71.3 Å². The molecule has 1 amide bonds. The molecule has 0 bridgehead atoms. The van der Waals surface area contributed by atoms with Gasteiger partial charge in [-0.1, -0.05) is 54.6 Å². The highest BCUT2D eigenvalue weighted by molar-refractivity contribution is 5.76. The van der Waals surface area contributed by atoms with Gasteiger partial charge in [0.25, 0.3) is 0 Å². The van der Waals surface area contributed by atoms with Gasteiger partial charge in [-0.15, -0.1) is 0 Å². The van der Waals surface area contributed by atoms with Crippen LogP contribution in [0.5, 0.6) is 0 Å². The molecule has 2 N–H and O–H groups in total. The molecule has 0 spiro atoms. The summed E-state index contributed by atoms with van der Waals surface area (Å²) in [7, 11) is 0. The molecule has 0 saturated heterocycles. The summed E-state index contributed by atoms with van der Waals surface area (Å²) < 4.78 is 0. The van der Waals surface area contributed by atoms with Gasteiger partial charge in [-0.05, 0) is 29.5 Å². The Labute approximate surface area is 137 Å². The van der Waals surface area contributed by atoms with E-state index in [0.717, 1.165) is 12.8 Å². The first-order valence-electron chi connectivity index (χ1n) is 8.24. The van der Waals surface area contributed by atoms with Gasteiger partial charge >= 0.3 is 0 Å². The molecule has 0 fully saturated rings. The van der Waals surface area contributed by atoms with Crippen LogP contribution in [0, 0.1) is 0 Å². The van der Waals surface area contributed by atoms with E-state index in [0.29, 0.717) is 25.8 Å². The number of amides is 1. The van der Waals surface area contributed by atoms with E-state index >= 15 is 0 Å². The molecule has 1 aliphatic carbocycles. The maximum absolute atomic E-state index is 12.0. The summed E-state index contributed by atoms with van der Waals surface area (Å²) in [5.41, 5.74) is 2.80. The Kier molecular flexibility index (Phi) is 4.77. The molecule has 0 aliphatic heterocycles. The fraction of sp³-hybridized carbons (Fsp3) is 0.350. The molecule has 2 aromatic rings. The van der Waals surface area contributed by atoms with Crippen molar-refractivity contribution in [2.75, 3.05) is 6.54 Å². The third-order valence-corrected chi connectivity index (χ3v) is 4.48. The number of carbonyl (C=O) groups is 1. The van der Waals surface area contributed by atoms with Crippen LogP contribution >= 0.6 is 0 Å². The van der Waals surface area contributed by atoms with Crippen LogP contribution in [0.25, 0.3) is 0 Å². The topological polar surface area (TPSA) is 49.3 Å². The van der Waals surface area contributed by atoms with Gasteiger partial charge in [0.15, 0.2) is 0 Å². The zero-order valence-electron chi connectivity index (χ0n) is 13.3. The van der Waals surface area contributed by atoms with Crippen LogP contribution in [0.4, 0.5) is 0 Å². The van der Waals surface area contributed by atoms with Crippen molar-refractivity contribution < 1.29 is 9.90 Å². The molecular formula is C20H23NO2. The number of carbonyl (C=O) groups excluding carboxylic acids is 1. The molecule has 0 unspecified atom stereocenters. The Hall–Kier alpha value is -2.13. The molecule has 0 radical (unpaired) electrons. The molecule has 0 saturated carbocycles. The molecule has 2 aromatic carbocycles. The molecule has 23 heavy (non-hydrogen) atoms. The minimum Gasteiger partial charge on any atom is -0.387 e. The number of aryl methyl sites for hydroxylation is 1. The van der Waals surface area contributed by atoms with Crippen molar-refractivity contribution in [1.29, 1.82) is 0 Å². The fourth-order valence-corrected chi connectivity index (χ4v) is 3.25. The van der Waals surface area contributed by atoms with E-state index in [1.807, 2.05) is 30.3 Å². The molecule has 3 nitrogen and oxygen atoms in total. The lowest BCUT2D eigenvalue weighted by atomic mass is 10.0. The fourth-order valence-electron chi connectivity index (χ4n) is 3.25. The van der Waals surface area contributed by atoms with E-state index in [-0.39, 0.29) is 5.91 Å². The van der Waals surface area contributed by atoms with Gasteiger partial charge in [0.2, 0.25) is 5.91 Å². The predicted molar refractivity (Wildman–Crippen MR) is 91.2 cm³/mol. The van der Waals surface area contributed by atoms with Crippen LogP contribution < -0.4 is 5.32 Å². The van der Waals surface area contributed by atoms with Gasteiger partial charge in [-0.3, -0.25) is 4.79 Å². The second kappa shape index (κ2) is 6.97. The maximum atomic E-state index is 12.0. The SMILES string of the molecule is O=C(CCCc1ccccc1)NCC1(O)Cc2ccccc2C1. The molecule has 0 heterocycles. The quantitative estimate of drug-likeness (QED) is 0.862. The average molecular weight is 309 g/mol. The molecule has 1 aliphatic rings. The summed E-state index contributed by atoms with van der Waals surface area (Å²) in [4.78, 5) is 12.0. The molecule has 3 rings (SSSR count). The highest BCUT2D eigenvalue weighted by atomic mass is 16.3. The van der Waals surface area contributed by atoms with Crippen LogP contribution in [0.1, 0.15) is 29.5 Å². The third-order valence-electron chi connectivity index (χ3n) is 4.48. The van der Waals surface area contributed by atoms with Gasteiger partial charge < -0.3 is 10.4 Å². The van der Waals surface area contributed by atoms with Crippen molar-refractivity contribution >= 4 is 5.91 Å². The molecule has 120 valence electrons. The van der Waals surface area contributed by atoms with Gasteiger partial charge in [0, 0.05) is 25.8 Å². The minimum absolute atomic E-state index is 0.0188. The number of nitrogens with one attached hydrogen (secondary N) is 1. The van der Waals surface area contributed by atoms with E-state index in [1.165, 1.54) is 16.7 Å². The monoisotopic (exact) mass is 309 g/mol. The van der Waals surface area contributed by atoms with Crippen molar-refractivity contribution in [1.82, 2.24) is 5.32 Å². The number of aliphatic hydroxyl groups is 1. The van der Waals surface area contributed by atoms with E-state index in [1.54, 1.807) is 0 Å². The minimum atomic E-state index is -0.835. The number of hydrogen-bond acceptors (Lipinski definition) is 2.